The molecule has 1 N–H and O–H groups in total. The highest BCUT2D eigenvalue weighted by Gasteiger charge is 2.16. The Morgan fingerprint density at radius 1 is 1.00 bits per heavy atom. The Labute approximate surface area is 141 Å². The molecule has 0 radical (unpaired) electrons. The molecule has 0 saturated heterocycles. The molecule has 0 atom stereocenters. The van der Waals surface area contributed by atoms with Crippen LogP contribution in [0.2, 0.25) is 0 Å². The summed E-state index contributed by atoms with van der Waals surface area (Å²) in [7, 11) is 1.52. The fourth-order valence-corrected chi connectivity index (χ4v) is 2.82. The van der Waals surface area contributed by atoms with E-state index in [-0.39, 0.29) is 5.75 Å². The molecule has 0 saturated carbocycles. The van der Waals surface area contributed by atoms with E-state index in [4.69, 9.17) is 9.47 Å². The van der Waals surface area contributed by atoms with E-state index in [1.165, 1.54) is 13.2 Å². The van der Waals surface area contributed by atoms with Gasteiger partial charge in [-0.15, -0.1) is 0 Å². The molecule has 0 bridgehead atoms. The standard InChI is InChI=1S/C18H13BrO4/c1-22-16-8-4-6-12-15(10-9-14(20)17(12)16)23-18(21)11-5-2-3-7-13(11)19/h2-10,20H,1H3. The van der Waals surface area contributed by atoms with E-state index < -0.39 is 5.97 Å². The topological polar surface area (TPSA) is 55.8 Å². The quantitative estimate of drug-likeness (QED) is 0.541. The zero-order valence-electron chi connectivity index (χ0n) is 12.2. The summed E-state index contributed by atoms with van der Waals surface area (Å²) < 4.78 is 11.4. The van der Waals surface area contributed by atoms with Crippen molar-refractivity contribution in [3.05, 3.63) is 64.6 Å². The highest BCUT2D eigenvalue weighted by molar-refractivity contribution is 9.10. The molecule has 0 amide bonds. The third-order valence-electron chi connectivity index (χ3n) is 3.46. The van der Waals surface area contributed by atoms with Gasteiger partial charge in [-0.2, -0.15) is 0 Å². The molecule has 0 aliphatic rings. The van der Waals surface area contributed by atoms with Crippen LogP contribution in [0.25, 0.3) is 10.8 Å². The van der Waals surface area contributed by atoms with Gasteiger partial charge in [0.1, 0.15) is 17.2 Å². The van der Waals surface area contributed by atoms with Crippen LogP contribution in [0.15, 0.2) is 59.1 Å². The van der Waals surface area contributed by atoms with E-state index in [9.17, 15) is 9.90 Å². The number of phenols is 1. The number of phenolic OH excluding ortho intramolecular Hbond substituents is 1. The van der Waals surface area contributed by atoms with Gasteiger partial charge in [-0.25, -0.2) is 4.79 Å². The van der Waals surface area contributed by atoms with E-state index in [0.717, 1.165) is 0 Å². The van der Waals surface area contributed by atoms with E-state index >= 15 is 0 Å². The normalized spacial score (nSPS) is 10.5. The third-order valence-corrected chi connectivity index (χ3v) is 4.15. The minimum atomic E-state index is -0.479. The van der Waals surface area contributed by atoms with Crippen molar-refractivity contribution in [3.8, 4) is 17.2 Å². The monoisotopic (exact) mass is 372 g/mol. The Kier molecular flexibility index (Phi) is 4.21. The largest absolute Gasteiger partial charge is 0.507 e. The molecular formula is C18H13BrO4. The number of hydrogen-bond acceptors (Lipinski definition) is 4. The predicted octanol–water partition coefficient (Wildman–Crippen LogP) is 4.54. The maximum Gasteiger partial charge on any atom is 0.344 e. The minimum Gasteiger partial charge on any atom is -0.507 e. The number of ether oxygens (including phenoxy) is 2. The molecule has 0 spiro atoms. The van der Waals surface area contributed by atoms with E-state index in [1.54, 1.807) is 42.5 Å². The first-order valence-corrected chi connectivity index (χ1v) is 7.66. The molecule has 0 aromatic heterocycles. The van der Waals surface area contributed by atoms with E-state index in [2.05, 4.69) is 15.9 Å². The van der Waals surface area contributed by atoms with E-state index in [1.807, 2.05) is 6.07 Å². The molecule has 116 valence electrons. The van der Waals surface area contributed by atoms with Gasteiger partial charge in [0.2, 0.25) is 0 Å². The highest BCUT2D eigenvalue weighted by atomic mass is 79.9. The van der Waals surface area contributed by atoms with Gasteiger partial charge in [-0.05, 0) is 46.3 Å². The number of carbonyl (C=O) groups is 1. The molecule has 3 aromatic rings. The SMILES string of the molecule is COc1cccc2c(OC(=O)c3ccccc3Br)ccc(O)c12. The maximum absolute atomic E-state index is 12.4. The van der Waals surface area contributed by atoms with Crippen LogP contribution in [0.1, 0.15) is 10.4 Å². The number of halogens is 1. The second-order valence-corrected chi connectivity index (χ2v) is 5.69. The summed E-state index contributed by atoms with van der Waals surface area (Å²) in [4.78, 5) is 12.4. The number of hydrogen-bond donors (Lipinski definition) is 1. The second-order valence-electron chi connectivity index (χ2n) is 4.84. The fourth-order valence-electron chi connectivity index (χ4n) is 2.37. The first kappa shape index (κ1) is 15.4. The first-order valence-electron chi connectivity index (χ1n) is 6.87. The van der Waals surface area contributed by atoms with Crippen LogP contribution in [0.4, 0.5) is 0 Å². The summed E-state index contributed by atoms with van der Waals surface area (Å²) in [6.45, 7) is 0. The van der Waals surface area contributed by atoms with Crippen LogP contribution in [-0.4, -0.2) is 18.2 Å². The number of esters is 1. The molecule has 3 aromatic carbocycles. The summed E-state index contributed by atoms with van der Waals surface area (Å²) in [6.07, 6.45) is 0. The van der Waals surface area contributed by atoms with Crippen molar-refractivity contribution >= 4 is 32.7 Å². The first-order chi connectivity index (χ1) is 11.1. The molecule has 0 unspecified atom stereocenters. The Bertz CT molecular complexity index is 889. The lowest BCUT2D eigenvalue weighted by molar-refractivity contribution is 0.0736. The van der Waals surface area contributed by atoms with Gasteiger partial charge < -0.3 is 14.6 Å². The van der Waals surface area contributed by atoms with Crippen molar-refractivity contribution in [2.45, 2.75) is 0 Å². The Balaban J connectivity index is 2.06. The number of rotatable bonds is 3. The molecule has 23 heavy (non-hydrogen) atoms. The Morgan fingerprint density at radius 3 is 2.52 bits per heavy atom. The molecular weight excluding hydrogens is 360 g/mol. The number of aromatic hydroxyl groups is 1. The molecule has 5 heteroatoms. The van der Waals surface area contributed by atoms with Crippen molar-refractivity contribution in [1.29, 1.82) is 0 Å². The van der Waals surface area contributed by atoms with Gasteiger partial charge in [-0.1, -0.05) is 24.3 Å². The number of fused-ring (bicyclic) bond motifs is 1. The number of benzene rings is 3. The maximum atomic E-state index is 12.4. The van der Waals surface area contributed by atoms with Crippen molar-refractivity contribution in [2.24, 2.45) is 0 Å². The summed E-state index contributed by atoms with van der Waals surface area (Å²) in [6, 6.07) is 15.3. The third kappa shape index (κ3) is 2.87. The lowest BCUT2D eigenvalue weighted by atomic mass is 10.1. The Hall–Kier alpha value is -2.53. The summed E-state index contributed by atoms with van der Waals surface area (Å²) >= 11 is 3.33. The Morgan fingerprint density at radius 2 is 1.78 bits per heavy atom. The molecule has 0 fully saturated rings. The molecule has 0 heterocycles. The van der Waals surface area contributed by atoms with Gasteiger partial charge in [0, 0.05) is 9.86 Å². The van der Waals surface area contributed by atoms with Crippen LogP contribution in [-0.2, 0) is 0 Å². The van der Waals surface area contributed by atoms with Crippen molar-refractivity contribution < 1.29 is 19.4 Å². The zero-order chi connectivity index (χ0) is 16.4. The van der Waals surface area contributed by atoms with Crippen LogP contribution in [0.3, 0.4) is 0 Å². The van der Waals surface area contributed by atoms with E-state index in [0.29, 0.717) is 32.3 Å². The van der Waals surface area contributed by atoms with Crippen LogP contribution in [0, 0.1) is 0 Å². The highest BCUT2D eigenvalue weighted by Crippen LogP contribution is 2.38. The van der Waals surface area contributed by atoms with Crippen molar-refractivity contribution in [2.75, 3.05) is 7.11 Å². The summed E-state index contributed by atoms with van der Waals surface area (Å²) in [5.41, 5.74) is 0.427. The summed E-state index contributed by atoms with van der Waals surface area (Å²) in [5, 5.41) is 11.2. The predicted molar refractivity (Wildman–Crippen MR) is 91.3 cm³/mol. The number of carbonyl (C=O) groups excluding carboxylic acids is 1. The second kappa shape index (κ2) is 6.30. The lowest BCUT2D eigenvalue weighted by Crippen LogP contribution is -2.09. The van der Waals surface area contributed by atoms with Gasteiger partial charge in [0.05, 0.1) is 18.1 Å². The molecule has 0 aliphatic carbocycles. The molecule has 3 rings (SSSR count). The van der Waals surface area contributed by atoms with Crippen LogP contribution >= 0.6 is 15.9 Å². The average Bonchev–Trinajstić information content (AvgIpc) is 2.57. The van der Waals surface area contributed by atoms with Crippen molar-refractivity contribution in [3.63, 3.8) is 0 Å². The van der Waals surface area contributed by atoms with Gasteiger partial charge in [0.15, 0.2) is 0 Å². The summed E-state index contributed by atoms with van der Waals surface area (Å²) in [5.74, 6) is 0.460. The van der Waals surface area contributed by atoms with Gasteiger partial charge in [0.25, 0.3) is 0 Å². The van der Waals surface area contributed by atoms with Crippen molar-refractivity contribution in [1.82, 2.24) is 0 Å². The van der Waals surface area contributed by atoms with Gasteiger partial charge >= 0.3 is 5.97 Å². The number of methoxy groups -OCH3 is 1. The molecule has 0 aliphatic heterocycles. The zero-order valence-corrected chi connectivity index (χ0v) is 13.8. The smallest absolute Gasteiger partial charge is 0.344 e. The molecule has 4 nitrogen and oxygen atoms in total. The van der Waals surface area contributed by atoms with Gasteiger partial charge in [-0.3, -0.25) is 0 Å². The lowest BCUT2D eigenvalue weighted by Gasteiger charge is -2.12. The fraction of sp³-hybridized carbons (Fsp3) is 0.0556. The average molecular weight is 373 g/mol. The minimum absolute atomic E-state index is 0.0677. The van der Waals surface area contributed by atoms with Crippen LogP contribution < -0.4 is 9.47 Å². The van der Waals surface area contributed by atoms with Crippen LogP contribution in [0.5, 0.6) is 17.2 Å².